The number of rotatable bonds is 2. The summed E-state index contributed by atoms with van der Waals surface area (Å²) in [6.45, 7) is 0. The van der Waals surface area contributed by atoms with Crippen molar-refractivity contribution in [2.24, 2.45) is 0 Å². The first-order valence-electron chi connectivity index (χ1n) is 7.23. The molecule has 0 fully saturated rings. The smallest absolute Gasteiger partial charge is 0.248 e. The van der Waals surface area contributed by atoms with Gasteiger partial charge in [0.25, 0.3) is 0 Å². The third-order valence-corrected chi connectivity index (χ3v) is 4.16. The summed E-state index contributed by atoms with van der Waals surface area (Å²) in [5.74, 6) is 1.52. The van der Waals surface area contributed by atoms with Crippen LogP contribution in [0.2, 0.25) is 0 Å². The van der Waals surface area contributed by atoms with E-state index in [9.17, 15) is 4.79 Å². The fourth-order valence-electron chi connectivity index (χ4n) is 3.11. The minimum absolute atomic E-state index is 0.163. The summed E-state index contributed by atoms with van der Waals surface area (Å²) in [7, 11) is 1.63. The van der Waals surface area contributed by atoms with Crippen molar-refractivity contribution in [3.05, 3.63) is 41.1 Å². The Morgan fingerprint density at radius 3 is 2.86 bits per heavy atom. The molecule has 7 nitrogen and oxygen atoms in total. The van der Waals surface area contributed by atoms with Crippen molar-refractivity contribution in [3.8, 4) is 5.75 Å². The molecule has 2 aromatic rings. The van der Waals surface area contributed by atoms with E-state index >= 15 is 0 Å². The number of tetrazole rings is 1. The van der Waals surface area contributed by atoms with Gasteiger partial charge in [-0.05, 0) is 41.0 Å². The summed E-state index contributed by atoms with van der Waals surface area (Å²) in [6.07, 6.45) is 2.28. The number of hydrogen-bond acceptors (Lipinski definition) is 6. The number of hydrogen-bond donors (Lipinski definition) is 1. The quantitative estimate of drug-likeness (QED) is 0.908. The van der Waals surface area contributed by atoms with Gasteiger partial charge in [-0.3, -0.25) is 4.79 Å². The highest BCUT2D eigenvalue weighted by Gasteiger charge is 2.36. The molecule has 0 amide bonds. The predicted octanol–water partition coefficient (Wildman–Crippen LogP) is 1.70. The largest absolute Gasteiger partial charge is 0.497 e. The first-order valence-corrected chi connectivity index (χ1v) is 7.23. The van der Waals surface area contributed by atoms with E-state index in [1.165, 1.54) is 0 Å². The number of benzene rings is 1. The predicted molar refractivity (Wildman–Crippen MR) is 78.5 cm³/mol. The van der Waals surface area contributed by atoms with Gasteiger partial charge in [-0.15, -0.1) is 0 Å². The number of fused-ring (bicyclic) bond motifs is 1. The summed E-state index contributed by atoms with van der Waals surface area (Å²) in [6, 6.07) is 7.39. The zero-order valence-electron chi connectivity index (χ0n) is 12.1. The average Bonchev–Trinajstić information content (AvgIpc) is 3.01. The Balaban J connectivity index is 1.86. The van der Waals surface area contributed by atoms with Gasteiger partial charge >= 0.3 is 0 Å². The van der Waals surface area contributed by atoms with E-state index in [1.54, 1.807) is 11.8 Å². The topological polar surface area (TPSA) is 81.9 Å². The Hall–Kier alpha value is -2.70. The molecule has 1 aliphatic heterocycles. The van der Waals surface area contributed by atoms with Gasteiger partial charge in [0.2, 0.25) is 5.95 Å². The Morgan fingerprint density at radius 1 is 1.27 bits per heavy atom. The summed E-state index contributed by atoms with van der Waals surface area (Å²) in [4.78, 5) is 12.5. The molecule has 0 saturated heterocycles. The van der Waals surface area contributed by atoms with Crippen LogP contribution in [0, 0.1) is 0 Å². The van der Waals surface area contributed by atoms with E-state index in [-0.39, 0.29) is 11.8 Å². The standard InChI is InChI=1S/C15H15N5O2/c1-22-10-7-5-9(6-8-10)14-13-11(3-2-4-12(13)21)16-15-17-18-19-20(14)15/h5-8,14H,2-4H2,1H3,(H,16,17,19)/t14-/m0/s1. The third-order valence-electron chi connectivity index (χ3n) is 4.16. The number of carbonyl (C=O) groups excluding carboxylic acids is 1. The van der Waals surface area contributed by atoms with Gasteiger partial charge in [0.05, 0.1) is 7.11 Å². The van der Waals surface area contributed by atoms with E-state index in [0.717, 1.165) is 35.4 Å². The van der Waals surface area contributed by atoms with Crippen molar-refractivity contribution in [2.75, 3.05) is 12.4 Å². The van der Waals surface area contributed by atoms with Crippen LogP contribution in [0.4, 0.5) is 5.95 Å². The van der Waals surface area contributed by atoms with Gasteiger partial charge in [0.15, 0.2) is 5.78 Å². The maximum Gasteiger partial charge on any atom is 0.248 e. The molecular formula is C15H15N5O2. The van der Waals surface area contributed by atoms with Crippen LogP contribution in [0.15, 0.2) is 35.5 Å². The molecule has 2 aliphatic rings. The van der Waals surface area contributed by atoms with Gasteiger partial charge in [-0.2, -0.15) is 4.68 Å². The van der Waals surface area contributed by atoms with Gasteiger partial charge < -0.3 is 10.1 Å². The van der Waals surface area contributed by atoms with Crippen molar-refractivity contribution in [1.82, 2.24) is 20.2 Å². The first kappa shape index (κ1) is 13.0. The van der Waals surface area contributed by atoms with E-state index in [0.29, 0.717) is 12.4 Å². The highest BCUT2D eigenvalue weighted by Crippen LogP contribution is 2.39. The molecular weight excluding hydrogens is 282 g/mol. The number of aromatic nitrogens is 4. The minimum atomic E-state index is -0.278. The Kier molecular flexibility index (Phi) is 2.92. The van der Waals surface area contributed by atoms with Crippen LogP contribution in [0.25, 0.3) is 0 Å². The molecule has 22 heavy (non-hydrogen) atoms. The van der Waals surface area contributed by atoms with E-state index < -0.39 is 0 Å². The maximum atomic E-state index is 12.5. The van der Waals surface area contributed by atoms with Crippen molar-refractivity contribution in [1.29, 1.82) is 0 Å². The zero-order chi connectivity index (χ0) is 15.1. The maximum absolute atomic E-state index is 12.5. The summed E-state index contributed by atoms with van der Waals surface area (Å²) >= 11 is 0. The third kappa shape index (κ3) is 1.89. The van der Waals surface area contributed by atoms with E-state index in [1.807, 2.05) is 24.3 Å². The molecule has 1 atom stereocenters. The molecule has 1 aromatic carbocycles. The molecule has 1 aromatic heterocycles. The first-order chi connectivity index (χ1) is 10.8. The lowest BCUT2D eigenvalue weighted by atomic mass is 9.85. The lowest BCUT2D eigenvalue weighted by Gasteiger charge is -2.31. The highest BCUT2D eigenvalue weighted by atomic mass is 16.5. The van der Waals surface area contributed by atoms with Crippen LogP contribution in [-0.4, -0.2) is 33.1 Å². The molecule has 0 radical (unpaired) electrons. The minimum Gasteiger partial charge on any atom is -0.497 e. The summed E-state index contributed by atoms with van der Waals surface area (Å²) in [5, 5.41) is 15.0. The normalized spacial score (nSPS) is 20.2. The number of nitrogens with one attached hydrogen (secondary N) is 1. The number of methoxy groups -OCH3 is 1. The summed E-state index contributed by atoms with van der Waals surface area (Å²) in [5.41, 5.74) is 2.69. The average molecular weight is 297 g/mol. The van der Waals surface area contributed by atoms with Crippen molar-refractivity contribution in [2.45, 2.75) is 25.3 Å². The van der Waals surface area contributed by atoms with Gasteiger partial charge in [-0.1, -0.05) is 17.2 Å². The van der Waals surface area contributed by atoms with Crippen LogP contribution in [-0.2, 0) is 4.79 Å². The second-order valence-corrected chi connectivity index (χ2v) is 5.42. The Morgan fingerprint density at radius 2 is 2.09 bits per heavy atom. The molecule has 0 unspecified atom stereocenters. The number of ketones is 1. The number of allylic oxidation sites excluding steroid dienone is 2. The van der Waals surface area contributed by atoms with Crippen molar-refractivity contribution >= 4 is 11.7 Å². The van der Waals surface area contributed by atoms with Crippen LogP contribution in [0.3, 0.4) is 0 Å². The molecule has 1 N–H and O–H groups in total. The van der Waals surface area contributed by atoms with Gasteiger partial charge in [0, 0.05) is 17.7 Å². The van der Waals surface area contributed by atoms with Gasteiger partial charge in [0.1, 0.15) is 11.8 Å². The van der Waals surface area contributed by atoms with Gasteiger partial charge in [-0.25, -0.2) is 0 Å². The zero-order valence-corrected chi connectivity index (χ0v) is 12.1. The molecule has 2 heterocycles. The molecule has 0 saturated carbocycles. The Labute approximate surface area is 127 Å². The number of carbonyl (C=O) groups is 1. The Bertz CT molecular complexity index is 762. The van der Waals surface area contributed by atoms with Crippen molar-refractivity contribution < 1.29 is 9.53 Å². The van der Waals surface area contributed by atoms with Crippen LogP contribution in [0.1, 0.15) is 30.9 Å². The fraction of sp³-hybridized carbons (Fsp3) is 0.333. The monoisotopic (exact) mass is 297 g/mol. The van der Waals surface area contributed by atoms with Crippen LogP contribution in [0.5, 0.6) is 5.75 Å². The van der Waals surface area contributed by atoms with Crippen LogP contribution < -0.4 is 10.1 Å². The van der Waals surface area contributed by atoms with Crippen LogP contribution >= 0.6 is 0 Å². The summed E-state index contributed by atoms with van der Waals surface area (Å²) < 4.78 is 6.87. The second kappa shape index (κ2) is 4.94. The number of Topliss-reactive ketones (excluding diaryl/α,β-unsaturated/α-hetero) is 1. The molecule has 4 rings (SSSR count). The lowest BCUT2D eigenvalue weighted by Crippen LogP contribution is -2.31. The second-order valence-electron chi connectivity index (χ2n) is 5.42. The molecule has 0 bridgehead atoms. The number of nitrogens with zero attached hydrogens (tertiary/aromatic N) is 4. The number of ether oxygens (including phenoxy) is 1. The van der Waals surface area contributed by atoms with E-state index in [2.05, 4.69) is 20.8 Å². The fourth-order valence-corrected chi connectivity index (χ4v) is 3.11. The molecule has 1 aliphatic carbocycles. The lowest BCUT2D eigenvalue weighted by molar-refractivity contribution is -0.116. The molecule has 7 heteroatoms. The SMILES string of the molecule is COc1ccc([C@H]2C3=C(CCCC3=O)Nc3nnnn32)cc1. The van der Waals surface area contributed by atoms with Crippen molar-refractivity contribution in [3.63, 3.8) is 0 Å². The number of anilines is 1. The molecule has 0 spiro atoms. The highest BCUT2D eigenvalue weighted by molar-refractivity contribution is 5.99. The molecule has 112 valence electrons. The van der Waals surface area contributed by atoms with E-state index in [4.69, 9.17) is 4.74 Å².